The molecule has 0 aliphatic heterocycles. The quantitative estimate of drug-likeness (QED) is 0.781. The highest BCUT2D eigenvalue weighted by Crippen LogP contribution is 2.31. The Hall–Kier alpha value is -3.03. The van der Waals surface area contributed by atoms with E-state index in [1.165, 1.54) is 19.2 Å². The van der Waals surface area contributed by atoms with Crippen LogP contribution in [0.5, 0.6) is 5.75 Å². The Balaban J connectivity index is 2.26. The third kappa shape index (κ3) is 5.22. The van der Waals surface area contributed by atoms with E-state index in [-0.39, 0.29) is 6.42 Å². The zero-order valence-corrected chi connectivity index (χ0v) is 14.7. The van der Waals surface area contributed by atoms with Gasteiger partial charge < -0.3 is 14.8 Å². The SMILES string of the molecule is COC(=O)[C@H](Cc1cccc(OC)c1)NC(=O)c1ccccc1C(F)(F)F. The summed E-state index contributed by atoms with van der Waals surface area (Å²) >= 11 is 0. The Kier molecular flexibility index (Phi) is 6.44. The fourth-order valence-electron chi connectivity index (χ4n) is 2.53. The van der Waals surface area contributed by atoms with Crippen LogP contribution in [-0.4, -0.2) is 32.1 Å². The standard InChI is InChI=1S/C19H18F3NO4/c1-26-13-7-5-6-12(10-13)11-16(18(25)27-2)23-17(24)14-8-3-4-9-15(14)19(20,21)22/h3-10,16H,11H2,1-2H3,(H,23,24)/t16-/m0/s1. The lowest BCUT2D eigenvalue weighted by atomic mass is 10.0. The van der Waals surface area contributed by atoms with Gasteiger partial charge in [-0.1, -0.05) is 24.3 Å². The summed E-state index contributed by atoms with van der Waals surface area (Å²) in [7, 11) is 2.61. The molecule has 0 fully saturated rings. The molecule has 0 spiro atoms. The molecule has 0 unspecified atom stereocenters. The molecule has 8 heteroatoms. The smallest absolute Gasteiger partial charge is 0.417 e. The summed E-state index contributed by atoms with van der Waals surface area (Å²) in [6.45, 7) is 0. The number of benzene rings is 2. The van der Waals surface area contributed by atoms with E-state index in [4.69, 9.17) is 4.74 Å². The number of amides is 1. The molecule has 0 radical (unpaired) electrons. The highest BCUT2D eigenvalue weighted by Gasteiger charge is 2.35. The third-order valence-electron chi connectivity index (χ3n) is 3.84. The van der Waals surface area contributed by atoms with Gasteiger partial charge in [0.2, 0.25) is 0 Å². The molecule has 2 aromatic carbocycles. The number of ether oxygens (including phenoxy) is 2. The van der Waals surface area contributed by atoms with Crippen LogP contribution in [0.4, 0.5) is 13.2 Å². The van der Waals surface area contributed by atoms with E-state index in [0.717, 1.165) is 19.2 Å². The highest BCUT2D eigenvalue weighted by molar-refractivity contribution is 5.98. The fourth-order valence-corrected chi connectivity index (χ4v) is 2.53. The summed E-state index contributed by atoms with van der Waals surface area (Å²) in [5.74, 6) is -1.23. The molecular formula is C19H18F3NO4. The summed E-state index contributed by atoms with van der Waals surface area (Å²) in [6.07, 6.45) is -4.66. The van der Waals surface area contributed by atoms with E-state index in [0.29, 0.717) is 11.3 Å². The second-order valence-corrected chi connectivity index (χ2v) is 5.65. The number of nitrogens with one attached hydrogen (secondary N) is 1. The molecule has 144 valence electrons. The van der Waals surface area contributed by atoms with Gasteiger partial charge in [0.25, 0.3) is 5.91 Å². The van der Waals surface area contributed by atoms with Gasteiger partial charge in [-0.25, -0.2) is 4.79 Å². The molecule has 0 aliphatic rings. The first-order valence-electron chi connectivity index (χ1n) is 7.94. The van der Waals surface area contributed by atoms with Gasteiger partial charge in [0.1, 0.15) is 11.8 Å². The van der Waals surface area contributed by atoms with Gasteiger partial charge in [-0.3, -0.25) is 4.79 Å². The Labute approximate surface area is 154 Å². The number of esters is 1. The van der Waals surface area contributed by atoms with E-state index >= 15 is 0 Å². The molecule has 27 heavy (non-hydrogen) atoms. The first-order chi connectivity index (χ1) is 12.8. The second kappa shape index (κ2) is 8.57. The summed E-state index contributed by atoms with van der Waals surface area (Å²) in [5.41, 5.74) is -0.994. The molecule has 1 atom stereocenters. The van der Waals surface area contributed by atoms with Gasteiger partial charge in [0.15, 0.2) is 0 Å². The van der Waals surface area contributed by atoms with Crippen molar-refractivity contribution in [2.45, 2.75) is 18.6 Å². The van der Waals surface area contributed by atoms with Crippen LogP contribution in [0.15, 0.2) is 48.5 Å². The lowest BCUT2D eigenvalue weighted by Gasteiger charge is -2.18. The minimum absolute atomic E-state index is 0.0315. The summed E-state index contributed by atoms with van der Waals surface area (Å²) in [5, 5.41) is 2.33. The van der Waals surface area contributed by atoms with Gasteiger partial charge in [-0.15, -0.1) is 0 Å². The number of hydrogen-bond donors (Lipinski definition) is 1. The van der Waals surface area contributed by atoms with Crippen LogP contribution in [0.1, 0.15) is 21.5 Å². The Bertz CT molecular complexity index is 821. The zero-order chi connectivity index (χ0) is 20.0. The number of carbonyl (C=O) groups is 2. The van der Waals surface area contributed by atoms with Crippen LogP contribution in [0.2, 0.25) is 0 Å². The van der Waals surface area contributed by atoms with Crippen molar-refractivity contribution >= 4 is 11.9 Å². The van der Waals surface area contributed by atoms with Crippen LogP contribution in [0.25, 0.3) is 0 Å². The summed E-state index contributed by atoms with van der Waals surface area (Å²) in [4.78, 5) is 24.4. The number of halogens is 3. The number of alkyl halides is 3. The van der Waals surface area contributed by atoms with Gasteiger partial charge in [0, 0.05) is 6.42 Å². The van der Waals surface area contributed by atoms with Crippen molar-refractivity contribution in [1.82, 2.24) is 5.32 Å². The van der Waals surface area contributed by atoms with Crippen molar-refractivity contribution in [2.24, 2.45) is 0 Å². The lowest BCUT2D eigenvalue weighted by molar-refractivity contribution is -0.142. The first-order valence-corrected chi connectivity index (χ1v) is 7.94. The van der Waals surface area contributed by atoms with Gasteiger partial charge in [0.05, 0.1) is 25.3 Å². The fraction of sp³-hybridized carbons (Fsp3) is 0.263. The maximum absolute atomic E-state index is 13.1. The number of rotatable bonds is 6. The number of hydrogen-bond acceptors (Lipinski definition) is 4. The minimum Gasteiger partial charge on any atom is -0.497 e. The average molecular weight is 381 g/mol. The van der Waals surface area contributed by atoms with Crippen molar-refractivity contribution in [3.8, 4) is 5.75 Å². The van der Waals surface area contributed by atoms with E-state index in [2.05, 4.69) is 10.1 Å². The van der Waals surface area contributed by atoms with E-state index in [9.17, 15) is 22.8 Å². The Morgan fingerprint density at radius 1 is 1.07 bits per heavy atom. The molecule has 2 aromatic rings. The zero-order valence-electron chi connectivity index (χ0n) is 14.7. The predicted octanol–water partition coefficient (Wildman–Crippen LogP) is 3.23. The summed E-state index contributed by atoms with van der Waals surface area (Å²) < 4.78 is 49.1. The lowest BCUT2D eigenvalue weighted by Crippen LogP contribution is -2.43. The molecule has 1 N–H and O–H groups in total. The molecule has 0 saturated heterocycles. The average Bonchev–Trinajstić information content (AvgIpc) is 2.66. The van der Waals surface area contributed by atoms with Crippen LogP contribution in [0, 0.1) is 0 Å². The predicted molar refractivity (Wildman–Crippen MR) is 91.4 cm³/mol. The van der Waals surface area contributed by atoms with E-state index in [1.807, 2.05) is 0 Å². The molecule has 2 rings (SSSR count). The topological polar surface area (TPSA) is 64.6 Å². The molecule has 0 saturated carbocycles. The van der Waals surface area contributed by atoms with Crippen molar-refractivity contribution in [2.75, 3.05) is 14.2 Å². The highest BCUT2D eigenvalue weighted by atomic mass is 19.4. The van der Waals surface area contributed by atoms with Crippen LogP contribution < -0.4 is 10.1 Å². The molecule has 0 aromatic heterocycles. The molecule has 1 amide bonds. The van der Waals surface area contributed by atoms with Crippen LogP contribution in [0.3, 0.4) is 0 Å². The first kappa shape index (κ1) is 20.3. The largest absolute Gasteiger partial charge is 0.497 e. The normalized spacial score (nSPS) is 12.2. The molecular weight excluding hydrogens is 363 g/mol. The van der Waals surface area contributed by atoms with Crippen LogP contribution in [-0.2, 0) is 22.1 Å². The van der Waals surface area contributed by atoms with Gasteiger partial charge >= 0.3 is 12.1 Å². The van der Waals surface area contributed by atoms with Gasteiger partial charge in [-0.05, 0) is 29.8 Å². The Morgan fingerprint density at radius 2 is 1.78 bits per heavy atom. The Morgan fingerprint density at radius 3 is 2.41 bits per heavy atom. The van der Waals surface area contributed by atoms with Crippen molar-refractivity contribution in [3.05, 3.63) is 65.2 Å². The van der Waals surface area contributed by atoms with Gasteiger partial charge in [-0.2, -0.15) is 13.2 Å². The molecule has 5 nitrogen and oxygen atoms in total. The van der Waals surface area contributed by atoms with Crippen molar-refractivity contribution < 1.29 is 32.2 Å². The minimum atomic E-state index is -4.69. The molecule has 0 heterocycles. The number of carbonyl (C=O) groups excluding carboxylic acids is 2. The van der Waals surface area contributed by atoms with Crippen molar-refractivity contribution in [1.29, 1.82) is 0 Å². The van der Waals surface area contributed by atoms with Crippen molar-refractivity contribution in [3.63, 3.8) is 0 Å². The van der Waals surface area contributed by atoms with E-state index < -0.39 is 35.2 Å². The molecule has 0 bridgehead atoms. The van der Waals surface area contributed by atoms with E-state index in [1.54, 1.807) is 24.3 Å². The van der Waals surface area contributed by atoms with Crippen LogP contribution >= 0.6 is 0 Å². The maximum Gasteiger partial charge on any atom is 0.417 e. The molecule has 0 aliphatic carbocycles. The number of methoxy groups -OCH3 is 2. The second-order valence-electron chi connectivity index (χ2n) is 5.65. The third-order valence-corrected chi connectivity index (χ3v) is 3.84. The summed E-state index contributed by atoms with van der Waals surface area (Å²) in [6, 6.07) is 9.98. The monoisotopic (exact) mass is 381 g/mol. The maximum atomic E-state index is 13.1.